The summed E-state index contributed by atoms with van der Waals surface area (Å²) in [4.78, 5) is 2.71. The van der Waals surface area contributed by atoms with Crippen molar-refractivity contribution in [2.45, 2.75) is 45.1 Å². The van der Waals surface area contributed by atoms with Gasteiger partial charge in [0.15, 0.2) is 0 Å². The molecule has 3 rings (SSSR count). The van der Waals surface area contributed by atoms with Gasteiger partial charge in [0.1, 0.15) is 0 Å². The number of likely N-dealkylation sites (tertiary alicyclic amines) is 1. The number of aryl methyl sites for hydroxylation is 2. The second kappa shape index (κ2) is 5.64. The summed E-state index contributed by atoms with van der Waals surface area (Å²) in [5, 5.41) is 3.49. The molecule has 2 nitrogen and oxygen atoms in total. The molecule has 0 aromatic heterocycles. The van der Waals surface area contributed by atoms with Crippen LogP contribution in [0.15, 0.2) is 18.2 Å². The van der Waals surface area contributed by atoms with E-state index in [4.69, 9.17) is 0 Å². The van der Waals surface area contributed by atoms with E-state index in [-0.39, 0.29) is 0 Å². The Bertz CT molecular complexity index is 427. The zero-order valence-corrected chi connectivity index (χ0v) is 12.3. The van der Waals surface area contributed by atoms with Gasteiger partial charge in [-0.05, 0) is 69.8 Å². The maximum absolute atomic E-state index is 3.49. The minimum Gasteiger partial charge on any atom is -0.315 e. The summed E-state index contributed by atoms with van der Waals surface area (Å²) in [6.07, 6.45) is 4.01. The molecule has 104 valence electrons. The van der Waals surface area contributed by atoms with E-state index in [9.17, 15) is 0 Å². The molecule has 2 heteroatoms. The highest BCUT2D eigenvalue weighted by atomic mass is 15.2. The van der Waals surface area contributed by atoms with E-state index in [1.165, 1.54) is 56.6 Å². The van der Waals surface area contributed by atoms with Crippen molar-refractivity contribution in [1.82, 2.24) is 10.2 Å². The Balaban J connectivity index is 1.64. The predicted octanol–water partition coefficient (Wildman–Crippen LogP) is 2.84. The topological polar surface area (TPSA) is 15.3 Å². The lowest BCUT2D eigenvalue weighted by molar-refractivity contribution is 0.161. The monoisotopic (exact) mass is 258 g/mol. The molecule has 0 bridgehead atoms. The van der Waals surface area contributed by atoms with Crippen LogP contribution in [-0.4, -0.2) is 37.1 Å². The molecule has 0 aliphatic carbocycles. The zero-order valence-electron chi connectivity index (χ0n) is 12.3. The molecule has 2 aliphatic rings. The van der Waals surface area contributed by atoms with Crippen molar-refractivity contribution >= 4 is 0 Å². The summed E-state index contributed by atoms with van der Waals surface area (Å²) in [6, 6.07) is 7.74. The Hall–Kier alpha value is -0.860. The average Bonchev–Trinajstić information content (AvgIpc) is 2.96. The summed E-state index contributed by atoms with van der Waals surface area (Å²) >= 11 is 0. The SMILES string of the molecule is Cc1ccc(C)c(C2CCN(C3CCNC3)CC2)c1. The summed E-state index contributed by atoms with van der Waals surface area (Å²) in [6.45, 7) is 9.45. The van der Waals surface area contributed by atoms with Gasteiger partial charge in [-0.1, -0.05) is 23.8 Å². The van der Waals surface area contributed by atoms with Crippen molar-refractivity contribution in [3.63, 3.8) is 0 Å². The van der Waals surface area contributed by atoms with Gasteiger partial charge < -0.3 is 5.32 Å². The molecular weight excluding hydrogens is 232 g/mol. The Morgan fingerprint density at radius 2 is 1.89 bits per heavy atom. The molecule has 0 saturated carbocycles. The number of hydrogen-bond donors (Lipinski definition) is 1. The molecule has 1 N–H and O–H groups in total. The van der Waals surface area contributed by atoms with Crippen LogP contribution in [-0.2, 0) is 0 Å². The van der Waals surface area contributed by atoms with E-state index in [0.717, 1.165) is 12.0 Å². The van der Waals surface area contributed by atoms with Gasteiger partial charge in [0.25, 0.3) is 0 Å². The largest absolute Gasteiger partial charge is 0.315 e. The quantitative estimate of drug-likeness (QED) is 0.877. The maximum Gasteiger partial charge on any atom is 0.0232 e. The van der Waals surface area contributed by atoms with Gasteiger partial charge >= 0.3 is 0 Å². The van der Waals surface area contributed by atoms with E-state index < -0.39 is 0 Å². The maximum atomic E-state index is 3.49. The van der Waals surface area contributed by atoms with E-state index in [1.807, 2.05) is 0 Å². The van der Waals surface area contributed by atoms with Gasteiger partial charge in [-0.15, -0.1) is 0 Å². The predicted molar refractivity (Wildman–Crippen MR) is 80.7 cm³/mol. The van der Waals surface area contributed by atoms with Gasteiger partial charge in [-0.3, -0.25) is 4.90 Å². The van der Waals surface area contributed by atoms with Crippen LogP contribution < -0.4 is 5.32 Å². The van der Waals surface area contributed by atoms with E-state index in [1.54, 1.807) is 5.56 Å². The highest BCUT2D eigenvalue weighted by molar-refractivity contribution is 5.33. The molecule has 1 aromatic rings. The van der Waals surface area contributed by atoms with Crippen molar-refractivity contribution in [2.75, 3.05) is 26.2 Å². The number of benzene rings is 1. The van der Waals surface area contributed by atoms with Crippen molar-refractivity contribution in [3.05, 3.63) is 34.9 Å². The van der Waals surface area contributed by atoms with Gasteiger partial charge in [-0.25, -0.2) is 0 Å². The molecule has 1 aromatic carbocycles. The first-order valence-electron chi connectivity index (χ1n) is 7.76. The van der Waals surface area contributed by atoms with Gasteiger partial charge in [0.2, 0.25) is 0 Å². The highest BCUT2D eigenvalue weighted by Gasteiger charge is 2.27. The zero-order chi connectivity index (χ0) is 13.2. The van der Waals surface area contributed by atoms with Crippen molar-refractivity contribution < 1.29 is 0 Å². The number of nitrogens with zero attached hydrogens (tertiary/aromatic N) is 1. The Morgan fingerprint density at radius 1 is 1.11 bits per heavy atom. The van der Waals surface area contributed by atoms with Crippen molar-refractivity contribution in [1.29, 1.82) is 0 Å². The molecule has 2 saturated heterocycles. The first-order chi connectivity index (χ1) is 9.24. The van der Waals surface area contributed by atoms with Crippen LogP contribution >= 0.6 is 0 Å². The molecule has 0 spiro atoms. The molecule has 0 amide bonds. The standard InChI is InChI=1S/C17H26N2/c1-13-3-4-14(2)17(11-13)15-6-9-19(10-7-15)16-5-8-18-12-16/h3-4,11,15-16,18H,5-10,12H2,1-2H3. The molecule has 19 heavy (non-hydrogen) atoms. The fourth-order valence-electron chi connectivity index (χ4n) is 3.73. The lowest BCUT2D eigenvalue weighted by Gasteiger charge is -2.36. The van der Waals surface area contributed by atoms with Crippen molar-refractivity contribution in [2.24, 2.45) is 0 Å². The molecule has 2 fully saturated rings. The van der Waals surface area contributed by atoms with E-state index in [0.29, 0.717) is 0 Å². The van der Waals surface area contributed by atoms with Crippen LogP contribution in [0.5, 0.6) is 0 Å². The summed E-state index contributed by atoms with van der Waals surface area (Å²) < 4.78 is 0. The normalized spacial score (nSPS) is 25.9. The van der Waals surface area contributed by atoms with Crippen LogP contribution in [0, 0.1) is 13.8 Å². The first-order valence-corrected chi connectivity index (χ1v) is 7.76. The van der Waals surface area contributed by atoms with Gasteiger partial charge in [0, 0.05) is 12.6 Å². The molecule has 2 heterocycles. The second-order valence-electron chi connectivity index (χ2n) is 6.32. The third-order valence-electron chi connectivity index (χ3n) is 4.95. The molecule has 2 aliphatic heterocycles. The first kappa shape index (κ1) is 13.1. The summed E-state index contributed by atoms with van der Waals surface area (Å²) in [7, 11) is 0. The van der Waals surface area contributed by atoms with Crippen molar-refractivity contribution in [3.8, 4) is 0 Å². The average molecular weight is 258 g/mol. The fraction of sp³-hybridized carbons (Fsp3) is 0.647. The van der Waals surface area contributed by atoms with Crippen LogP contribution in [0.1, 0.15) is 41.9 Å². The third-order valence-corrected chi connectivity index (χ3v) is 4.95. The minimum absolute atomic E-state index is 0.783. The Labute approximate surface area is 117 Å². The summed E-state index contributed by atoms with van der Waals surface area (Å²) in [5.41, 5.74) is 4.49. The highest BCUT2D eigenvalue weighted by Crippen LogP contribution is 2.32. The van der Waals surface area contributed by atoms with Crippen LogP contribution in [0.2, 0.25) is 0 Å². The fourth-order valence-corrected chi connectivity index (χ4v) is 3.73. The lowest BCUT2D eigenvalue weighted by Crippen LogP contribution is -2.42. The minimum atomic E-state index is 0.783. The van der Waals surface area contributed by atoms with E-state index in [2.05, 4.69) is 42.3 Å². The number of piperidine rings is 1. The number of nitrogens with one attached hydrogen (secondary N) is 1. The van der Waals surface area contributed by atoms with Crippen LogP contribution in [0.3, 0.4) is 0 Å². The second-order valence-corrected chi connectivity index (χ2v) is 6.32. The van der Waals surface area contributed by atoms with Crippen LogP contribution in [0.4, 0.5) is 0 Å². The number of hydrogen-bond acceptors (Lipinski definition) is 2. The van der Waals surface area contributed by atoms with Gasteiger partial charge in [-0.2, -0.15) is 0 Å². The molecule has 0 radical (unpaired) electrons. The Morgan fingerprint density at radius 3 is 2.58 bits per heavy atom. The number of rotatable bonds is 2. The summed E-state index contributed by atoms with van der Waals surface area (Å²) in [5.74, 6) is 0.783. The smallest absolute Gasteiger partial charge is 0.0232 e. The molecule has 1 atom stereocenters. The molecular formula is C17H26N2. The van der Waals surface area contributed by atoms with Gasteiger partial charge in [0.05, 0.1) is 0 Å². The van der Waals surface area contributed by atoms with E-state index >= 15 is 0 Å². The third kappa shape index (κ3) is 2.85. The Kier molecular flexibility index (Phi) is 3.90. The van der Waals surface area contributed by atoms with Crippen LogP contribution in [0.25, 0.3) is 0 Å². The molecule has 1 unspecified atom stereocenters. The lowest BCUT2D eigenvalue weighted by atomic mass is 9.85.